The third-order valence-corrected chi connectivity index (χ3v) is 2.38. The van der Waals surface area contributed by atoms with E-state index in [1.807, 2.05) is 6.92 Å². The maximum Gasteiger partial charge on any atom is 0.166 e. The van der Waals surface area contributed by atoms with E-state index >= 15 is 0 Å². The van der Waals surface area contributed by atoms with E-state index in [0.717, 1.165) is 12.0 Å². The fraction of sp³-hybridized carbons (Fsp3) is 0.364. The largest absolute Gasteiger partial charge is 0.366 e. The predicted octanol–water partition coefficient (Wildman–Crippen LogP) is 1.85. The maximum absolute atomic E-state index is 12.6. The summed E-state index contributed by atoms with van der Waals surface area (Å²) in [5.74, 6) is -0.204. The van der Waals surface area contributed by atoms with Crippen molar-refractivity contribution in [1.29, 1.82) is 0 Å². The highest BCUT2D eigenvalue weighted by atomic mass is 32.1. The lowest BCUT2D eigenvalue weighted by Gasteiger charge is -2.15. The highest BCUT2D eigenvalue weighted by Gasteiger charge is 2.04. The summed E-state index contributed by atoms with van der Waals surface area (Å²) in [5, 5.41) is 6.60. The van der Waals surface area contributed by atoms with Crippen molar-refractivity contribution in [2.24, 2.45) is 0 Å². The van der Waals surface area contributed by atoms with E-state index in [1.165, 1.54) is 12.1 Å². The Morgan fingerprint density at radius 1 is 1.40 bits per heavy atom. The zero-order valence-electron chi connectivity index (χ0n) is 8.88. The summed E-state index contributed by atoms with van der Waals surface area (Å²) in [6, 6.07) is 6.75. The van der Waals surface area contributed by atoms with Gasteiger partial charge in [0.25, 0.3) is 0 Å². The van der Waals surface area contributed by atoms with E-state index in [4.69, 9.17) is 12.2 Å². The molecule has 0 aliphatic rings. The first-order valence-electron chi connectivity index (χ1n) is 4.84. The van der Waals surface area contributed by atoms with Crippen molar-refractivity contribution in [3.8, 4) is 0 Å². The summed E-state index contributed by atoms with van der Waals surface area (Å²) in [5.41, 5.74) is 1.09. The molecule has 0 aromatic heterocycles. The second kappa shape index (κ2) is 5.66. The van der Waals surface area contributed by atoms with Gasteiger partial charge in [-0.25, -0.2) is 4.39 Å². The van der Waals surface area contributed by atoms with Gasteiger partial charge in [0.2, 0.25) is 0 Å². The molecule has 82 valence electrons. The first kappa shape index (κ1) is 11.9. The third-order valence-electron chi connectivity index (χ3n) is 2.06. The Balaban J connectivity index is 2.47. The van der Waals surface area contributed by atoms with E-state index in [1.54, 1.807) is 19.2 Å². The van der Waals surface area contributed by atoms with Crippen LogP contribution in [0.25, 0.3) is 0 Å². The summed E-state index contributed by atoms with van der Waals surface area (Å²) < 4.78 is 12.6. The molecule has 2 N–H and O–H groups in total. The van der Waals surface area contributed by atoms with Gasteiger partial charge in [-0.05, 0) is 43.3 Å². The Morgan fingerprint density at radius 2 is 2.00 bits per heavy atom. The van der Waals surface area contributed by atoms with Gasteiger partial charge >= 0.3 is 0 Å². The summed E-state index contributed by atoms with van der Waals surface area (Å²) in [6.45, 7) is 2.03. The fourth-order valence-electron chi connectivity index (χ4n) is 1.32. The lowest BCUT2D eigenvalue weighted by atomic mass is 10.1. The Kier molecular flexibility index (Phi) is 4.49. The number of nitrogens with one attached hydrogen (secondary N) is 2. The molecule has 1 aromatic carbocycles. The van der Waals surface area contributed by atoms with Crippen LogP contribution in [0.1, 0.15) is 12.5 Å². The van der Waals surface area contributed by atoms with Crippen LogP contribution in [0.2, 0.25) is 0 Å². The molecule has 1 unspecified atom stereocenters. The molecule has 0 heterocycles. The highest BCUT2D eigenvalue weighted by molar-refractivity contribution is 7.80. The first-order valence-corrected chi connectivity index (χ1v) is 5.25. The van der Waals surface area contributed by atoms with E-state index < -0.39 is 0 Å². The summed E-state index contributed by atoms with van der Waals surface area (Å²) in [6.07, 6.45) is 0.822. The van der Waals surface area contributed by atoms with E-state index in [9.17, 15) is 4.39 Å². The number of benzene rings is 1. The number of halogens is 1. The number of thiocarbonyl (C=S) groups is 1. The number of hydrogen-bond donors (Lipinski definition) is 2. The van der Waals surface area contributed by atoms with E-state index in [-0.39, 0.29) is 11.9 Å². The van der Waals surface area contributed by atoms with Gasteiger partial charge in [-0.1, -0.05) is 12.1 Å². The Hall–Kier alpha value is -1.16. The van der Waals surface area contributed by atoms with Crippen molar-refractivity contribution >= 4 is 17.3 Å². The molecule has 0 amide bonds. The molecule has 0 bridgehead atoms. The van der Waals surface area contributed by atoms with Crippen LogP contribution in [0.5, 0.6) is 0 Å². The molecule has 0 aliphatic carbocycles. The van der Waals surface area contributed by atoms with Gasteiger partial charge in [-0.15, -0.1) is 0 Å². The molecule has 0 saturated heterocycles. The second-order valence-electron chi connectivity index (χ2n) is 3.46. The Bertz CT molecular complexity index is 324. The topological polar surface area (TPSA) is 24.1 Å². The summed E-state index contributed by atoms with van der Waals surface area (Å²) >= 11 is 4.99. The predicted molar refractivity (Wildman–Crippen MR) is 64.4 cm³/mol. The van der Waals surface area contributed by atoms with Gasteiger partial charge < -0.3 is 10.6 Å². The Morgan fingerprint density at radius 3 is 2.53 bits per heavy atom. The molecule has 1 atom stereocenters. The lowest BCUT2D eigenvalue weighted by Crippen LogP contribution is -2.39. The van der Waals surface area contributed by atoms with Crippen LogP contribution in [0, 0.1) is 5.82 Å². The van der Waals surface area contributed by atoms with Crippen LogP contribution in [-0.2, 0) is 6.42 Å². The molecule has 4 heteroatoms. The molecule has 2 nitrogen and oxygen atoms in total. The van der Waals surface area contributed by atoms with Gasteiger partial charge in [0, 0.05) is 13.1 Å². The van der Waals surface area contributed by atoms with Crippen molar-refractivity contribution in [3.05, 3.63) is 35.6 Å². The van der Waals surface area contributed by atoms with Crippen LogP contribution in [0.15, 0.2) is 24.3 Å². The maximum atomic E-state index is 12.6. The van der Waals surface area contributed by atoms with Crippen molar-refractivity contribution in [2.45, 2.75) is 19.4 Å². The second-order valence-corrected chi connectivity index (χ2v) is 3.86. The molecular formula is C11H15FN2S. The van der Waals surface area contributed by atoms with Crippen LogP contribution in [-0.4, -0.2) is 18.2 Å². The van der Waals surface area contributed by atoms with Crippen molar-refractivity contribution in [3.63, 3.8) is 0 Å². The van der Waals surface area contributed by atoms with E-state index in [2.05, 4.69) is 10.6 Å². The fourth-order valence-corrected chi connectivity index (χ4v) is 1.52. The average Bonchev–Trinajstić information content (AvgIpc) is 2.21. The van der Waals surface area contributed by atoms with Gasteiger partial charge in [-0.2, -0.15) is 0 Å². The third kappa shape index (κ3) is 4.25. The molecule has 0 saturated carbocycles. The SMILES string of the molecule is CNC(=S)NC(C)Cc1ccc(F)cc1. The monoisotopic (exact) mass is 226 g/mol. The van der Waals surface area contributed by atoms with Crippen molar-refractivity contribution < 1.29 is 4.39 Å². The first-order chi connectivity index (χ1) is 7.11. The standard InChI is InChI=1S/C11H15FN2S/c1-8(14-11(15)13-2)7-9-3-5-10(12)6-4-9/h3-6,8H,7H2,1-2H3,(H2,13,14,15). The highest BCUT2D eigenvalue weighted by Crippen LogP contribution is 2.05. The minimum atomic E-state index is -0.204. The van der Waals surface area contributed by atoms with Crippen LogP contribution in [0.4, 0.5) is 4.39 Å². The van der Waals surface area contributed by atoms with Crippen LogP contribution < -0.4 is 10.6 Å². The minimum absolute atomic E-state index is 0.204. The lowest BCUT2D eigenvalue weighted by molar-refractivity contribution is 0.622. The average molecular weight is 226 g/mol. The molecule has 0 radical (unpaired) electrons. The van der Waals surface area contributed by atoms with Crippen LogP contribution >= 0.6 is 12.2 Å². The summed E-state index contributed by atoms with van der Waals surface area (Å²) in [4.78, 5) is 0. The molecule has 15 heavy (non-hydrogen) atoms. The smallest absolute Gasteiger partial charge is 0.166 e. The molecule has 0 spiro atoms. The van der Waals surface area contributed by atoms with E-state index in [0.29, 0.717) is 5.11 Å². The van der Waals surface area contributed by atoms with Gasteiger partial charge in [0.05, 0.1) is 0 Å². The molecule has 1 aromatic rings. The van der Waals surface area contributed by atoms with Crippen molar-refractivity contribution in [2.75, 3.05) is 7.05 Å². The zero-order chi connectivity index (χ0) is 11.3. The molecule has 0 fully saturated rings. The summed E-state index contributed by atoms with van der Waals surface area (Å²) in [7, 11) is 1.78. The minimum Gasteiger partial charge on any atom is -0.366 e. The normalized spacial score (nSPS) is 11.9. The molecular weight excluding hydrogens is 211 g/mol. The van der Waals surface area contributed by atoms with Gasteiger partial charge in [-0.3, -0.25) is 0 Å². The number of rotatable bonds is 3. The van der Waals surface area contributed by atoms with Gasteiger partial charge in [0.15, 0.2) is 5.11 Å². The quantitative estimate of drug-likeness (QED) is 0.769. The zero-order valence-corrected chi connectivity index (χ0v) is 9.70. The van der Waals surface area contributed by atoms with Gasteiger partial charge in [0.1, 0.15) is 5.82 Å². The van der Waals surface area contributed by atoms with Crippen molar-refractivity contribution in [1.82, 2.24) is 10.6 Å². The van der Waals surface area contributed by atoms with Crippen LogP contribution in [0.3, 0.4) is 0 Å². The molecule has 1 rings (SSSR count). The molecule has 0 aliphatic heterocycles. The number of hydrogen-bond acceptors (Lipinski definition) is 1. The Labute approximate surface area is 94.9 Å².